The second-order valence-electron chi connectivity index (χ2n) is 11.8. The Morgan fingerprint density at radius 1 is 1.07 bits per heavy atom. The Morgan fingerprint density at radius 3 is 2.63 bits per heavy atom. The molecule has 10 heteroatoms. The van der Waals surface area contributed by atoms with E-state index in [-0.39, 0.29) is 11.6 Å². The summed E-state index contributed by atoms with van der Waals surface area (Å²) in [6.07, 6.45) is 11.2. The predicted molar refractivity (Wildman–Crippen MR) is 164 cm³/mol. The van der Waals surface area contributed by atoms with Gasteiger partial charge in [0, 0.05) is 38.3 Å². The van der Waals surface area contributed by atoms with Gasteiger partial charge in [-0.2, -0.15) is 15.2 Å². The Balaban J connectivity index is 1.33. The van der Waals surface area contributed by atoms with Crippen molar-refractivity contribution in [2.24, 2.45) is 0 Å². The number of ether oxygens (including phenoxy) is 1. The number of fused-ring (bicyclic) bond motifs is 1. The number of benzene rings is 1. The molecule has 0 unspecified atom stereocenters. The average Bonchev–Trinajstić information content (AvgIpc) is 3.47. The zero-order valence-corrected chi connectivity index (χ0v) is 25.4. The second kappa shape index (κ2) is 12.2. The van der Waals surface area contributed by atoms with Gasteiger partial charge in [-0.1, -0.05) is 35.3 Å². The lowest BCUT2D eigenvalue weighted by molar-refractivity contribution is -0.0382. The largest absolute Gasteiger partial charge is 0.455 e. The topological polar surface area (TPSA) is 71.8 Å². The van der Waals surface area contributed by atoms with Gasteiger partial charge < -0.3 is 19.4 Å². The average molecular weight is 597 g/mol. The van der Waals surface area contributed by atoms with E-state index in [2.05, 4.69) is 31.9 Å². The van der Waals surface area contributed by atoms with Crippen LogP contribution >= 0.6 is 23.2 Å². The smallest absolute Gasteiger partial charge is 0.319 e. The standard InChI is InChI=1S/C31H39Cl2N7O/c1-2-14-38-18-19-40(20-23(38)9-13-34)29-24-10-17-39(27-8-5-7-25(32)28(27)33)21-26(24)35-30(36-29)41-31(11-6-12-31)22-37-15-3-4-16-37/h2,5,7-8,14,23H,3-4,6,9-12,15-22H2,1H3/t23-/m0/s1. The zero-order valence-electron chi connectivity index (χ0n) is 23.9. The van der Waals surface area contributed by atoms with Gasteiger partial charge >= 0.3 is 6.01 Å². The van der Waals surface area contributed by atoms with Gasteiger partial charge in [-0.25, -0.2) is 0 Å². The summed E-state index contributed by atoms with van der Waals surface area (Å²) in [5.41, 5.74) is 2.86. The normalized spacial score (nSPS) is 22.5. The molecule has 1 atom stereocenters. The van der Waals surface area contributed by atoms with Crippen LogP contribution in [0.3, 0.4) is 0 Å². The van der Waals surface area contributed by atoms with Crippen molar-refractivity contribution < 1.29 is 4.74 Å². The Kier molecular flexibility index (Phi) is 8.48. The molecule has 0 spiro atoms. The maximum Gasteiger partial charge on any atom is 0.319 e. The number of nitriles is 1. The molecular weight excluding hydrogens is 557 g/mol. The summed E-state index contributed by atoms with van der Waals surface area (Å²) in [7, 11) is 0. The van der Waals surface area contributed by atoms with Crippen LogP contribution in [0.15, 0.2) is 30.5 Å². The highest BCUT2D eigenvalue weighted by Crippen LogP contribution is 2.40. The highest BCUT2D eigenvalue weighted by molar-refractivity contribution is 6.43. The number of nitrogens with zero attached hydrogens (tertiary/aromatic N) is 7. The van der Waals surface area contributed by atoms with Crippen LogP contribution in [0.2, 0.25) is 10.0 Å². The highest BCUT2D eigenvalue weighted by Gasteiger charge is 2.43. The molecule has 0 amide bonds. The van der Waals surface area contributed by atoms with Crippen LogP contribution in [0.1, 0.15) is 56.7 Å². The van der Waals surface area contributed by atoms with Gasteiger partial charge in [0.05, 0.1) is 46.5 Å². The molecule has 8 nitrogen and oxygen atoms in total. The van der Waals surface area contributed by atoms with Gasteiger partial charge in [0.25, 0.3) is 0 Å². The van der Waals surface area contributed by atoms with Crippen molar-refractivity contribution in [2.75, 3.05) is 55.6 Å². The number of halogens is 2. The number of aromatic nitrogens is 2. The summed E-state index contributed by atoms with van der Waals surface area (Å²) in [5, 5.41) is 10.7. The fourth-order valence-corrected chi connectivity index (χ4v) is 7.20. The van der Waals surface area contributed by atoms with E-state index in [4.69, 9.17) is 37.9 Å². The van der Waals surface area contributed by atoms with Crippen molar-refractivity contribution >= 4 is 34.7 Å². The van der Waals surface area contributed by atoms with Crippen LogP contribution in [0, 0.1) is 11.3 Å². The number of likely N-dealkylation sites (tertiary alicyclic amines) is 1. The van der Waals surface area contributed by atoms with Crippen LogP contribution in [-0.4, -0.2) is 77.2 Å². The minimum absolute atomic E-state index is 0.110. The molecule has 1 saturated carbocycles. The molecule has 0 bridgehead atoms. The molecular formula is C31H39Cl2N7O. The molecule has 3 fully saturated rings. The molecule has 6 rings (SSSR count). The SMILES string of the molecule is CC=CN1CCN(c2nc(OC3(CN4CCCC4)CCC3)nc3c2CCN(c2cccc(Cl)c2Cl)C3)C[C@@H]1CC#N. The quantitative estimate of drug-likeness (QED) is 0.386. The Hall–Kier alpha value is -2.73. The number of piperazine rings is 1. The van der Waals surface area contributed by atoms with Crippen molar-refractivity contribution in [3.8, 4) is 12.1 Å². The molecule has 1 aliphatic carbocycles. The lowest BCUT2D eigenvalue weighted by Crippen LogP contribution is -2.53. The fraction of sp³-hybridized carbons (Fsp3) is 0.581. The number of hydrogen-bond donors (Lipinski definition) is 0. The van der Waals surface area contributed by atoms with E-state index >= 15 is 0 Å². The molecule has 2 saturated heterocycles. The first-order valence-electron chi connectivity index (χ1n) is 15.0. The van der Waals surface area contributed by atoms with Crippen molar-refractivity contribution in [3.63, 3.8) is 0 Å². The van der Waals surface area contributed by atoms with Gasteiger partial charge in [-0.15, -0.1) is 0 Å². The molecule has 218 valence electrons. The maximum atomic E-state index is 9.56. The van der Waals surface area contributed by atoms with Crippen LogP contribution < -0.4 is 14.5 Å². The van der Waals surface area contributed by atoms with Gasteiger partial charge in [-0.3, -0.25) is 4.90 Å². The fourth-order valence-electron chi connectivity index (χ4n) is 6.78. The van der Waals surface area contributed by atoms with E-state index in [9.17, 15) is 5.26 Å². The number of allylic oxidation sites excluding steroid dienone is 1. The van der Waals surface area contributed by atoms with Gasteiger partial charge in [0.2, 0.25) is 0 Å². The molecule has 2 aromatic rings. The Labute approximate surface area is 253 Å². The van der Waals surface area contributed by atoms with Crippen molar-refractivity contribution in [1.82, 2.24) is 19.8 Å². The van der Waals surface area contributed by atoms with E-state index in [0.717, 1.165) is 82.3 Å². The van der Waals surface area contributed by atoms with E-state index < -0.39 is 0 Å². The first kappa shape index (κ1) is 28.4. The van der Waals surface area contributed by atoms with Crippen molar-refractivity contribution in [2.45, 2.75) is 70.1 Å². The summed E-state index contributed by atoms with van der Waals surface area (Å²) in [6, 6.07) is 8.76. The van der Waals surface area contributed by atoms with Gasteiger partial charge in [-0.05, 0) is 76.9 Å². The molecule has 1 aromatic carbocycles. The first-order chi connectivity index (χ1) is 20.0. The first-order valence-corrected chi connectivity index (χ1v) is 15.7. The summed E-state index contributed by atoms with van der Waals surface area (Å²) >= 11 is 13.0. The lowest BCUT2D eigenvalue weighted by atomic mass is 9.79. The van der Waals surface area contributed by atoms with Crippen LogP contribution in [-0.2, 0) is 13.0 Å². The summed E-state index contributed by atoms with van der Waals surface area (Å²) < 4.78 is 6.79. The van der Waals surface area contributed by atoms with Gasteiger partial charge in [0.15, 0.2) is 0 Å². The van der Waals surface area contributed by atoms with E-state index in [1.807, 2.05) is 31.2 Å². The molecule has 1 aromatic heterocycles. The maximum absolute atomic E-state index is 9.56. The molecule has 41 heavy (non-hydrogen) atoms. The Bertz CT molecular complexity index is 1320. The number of rotatable bonds is 8. The molecule has 3 aliphatic heterocycles. The lowest BCUT2D eigenvalue weighted by Gasteiger charge is -2.44. The Morgan fingerprint density at radius 2 is 1.90 bits per heavy atom. The summed E-state index contributed by atoms with van der Waals surface area (Å²) in [6.45, 7) is 9.08. The minimum Gasteiger partial charge on any atom is -0.455 e. The number of anilines is 2. The molecule has 0 N–H and O–H groups in total. The predicted octanol–water partition coefficient (Wildman–Crippen LogP) is 5.68. The molecule has 0 radical (unpaired) electrons. The third kappa shape index (κ3) is 5.95. The summed E-state index contributed by atoms with van der Waals surface area (Å²) in [4.78, 5) is 19.6. The molecule has 4 aliphatic rings. The highest BCUT2D eigenvalue weighted by atomic mass is 35.5. The monoisotopic (exact) mass is 595 g/mol. The van der Waals surface area contributed by atoms with Crippen molar-refractivity contribution in [1.29, 1.82) is 5.26 Å². The third-order valence-corrected chi connectivity index (χ3v) is 9.88. The van der Waals surface area contributed by atoms with E-state index in [0.29, 0.717) is 29.0 Å². The van der Waals surface area contributed by atoms with Crippen LogP contribution in [0.5, 0.6) is 6.01 Å². The zero-order chi connectivity index (χ0) is 28.4. The molecule has 4 heterocycles. The van der Waals surface area contributed by atoms with Crippen LogP contribution in [0.25, 0.3) is 0 Å². The minimum atomic E-state index is -0.214. The van der Waals surface area contributed by atoms with E-state index in [1.54, 1.807) is 0 Å². The second-order valence-corrected chi connectivity index (χ2v) is 12.6. The van der Waals surface area contributed by atoms with Crippen molar-refractivity contribution in [3.05, 3.63) is 51.8 Å². The van der Waals surface area contributed by atoms with E-state index in [1.165, 1.54) is 24.8 Å². The number of hydrogen-bond acceptors (Lipinski definition) is 8. The third-order valence-electron chi connectivity index (χ3n) is 9.07. The van der Waals surface area contributed by atoms with Crippen LogP contribution in [0.4, 0.5) is 11.5 Å². The summed E-state index contributed by atoms with van der Waals surface area (Å²) in [5.74, 6) is 0.959. The van der Waals surface area contributed by atoms with Gasteiger partial charge in [0.1, 0.15) is 11.4 Å².